The van der Waals surface area contributed by atoms with Crippen LogP contribution in [0, 0.1) is 12.7 Å². The summed E-state index contributed by atoms with van der Waals surface area (Å²) >= 11 is 1.56. The third-order valence-electron chi connectivity index (χ3n) is 5.40. The molecule has 0 saturated heterocycles. The summed E-state index contributed by atoms with van der Waals surface area (Å²) in [6.45, 7) is 2.06. The second kappa shape index (κ2) is 7.58. The van der Waals surface area contributed by atoms with Gasteiger partial charge in [-0.15, -0.1) is 0 Å². The van der Waals surface area contributed by atoms with E-state index in [1.807, 2.05) is 24.3 Å². The van der Waals surface area contributed by atoms with E-state index in [0.29, 0.717) is 21.9 Å². The molecule has 3 aromatic rings. The Morgan fingerprint density at radius 2 is 1.67 bits per heavy atom. The van der Waals surface area contributed by atoms with Crippen LogP contribution in [0.5, 0.6) is 0 Å². The van der Waals surface area contributed by atoms with E-state index < -0.39 is 6.04 Å². The highest BCUT2D eigenvalue weighted by Gasteiger charge is 2.39. The van der Waals surface area contributed by atoms with Crippen molar-refractivity contribution in [2.45, 2.75) is 18.7 Å². The van der Waals surface area contributed by atoms with E-state index in [4.69, 9.17) is 4.99 Å². The predicted octanol–water partition coefficient (Wildman–Crippen LogP) is 5.68. The molecule has 0 amide bonds. The van der Waals surface area contributed by atoms with Gasteiger partial charge in [0, 0.05) is 22.4 Å². The molecular formula is C25H19FN2OS. The highest BCUT2D eigenvalue weighted by molar-refractivity contribution is 8.13. The molecule has 0 spiro atoms. The molecule has 0 unspecified atom stereocenters. The Balaban J connectivity index is 1.53. The number of hydrogen-bond donors (Lipinski definition) is 1. The standard InChI is InChI=1S/C25H19FN2OS/c1-15-10-12-16(13-11-15)14-30-25-27-22-17-6-2-3-7-18(17)24(29)21(22)23(28-25)19-8-4-5-9-20(19)26/h2-13,23H,14H2,1H3,(H,27,28)/t23-/m0/s1. The highest BCUT2D eigenvalue weighted by atomic mass is 32.2. The van der Waals surface area contributed by atoms with E-state index in [1.165, 1.54) is 17.2 Å². The van der Waals surface area contributed by atoms with Gasteiger partial charge >= 0.3 is 0 Å². The van der Waals surface area contributed by atoms with Crippen LogP contribution >= 0.6 is 11.8 Å². The Kier molecular flexibility index (Phi) is 4.75. The number of aliphatic imine (C=N–C) groups is 1. The van der Waals surface area contributed by atoms with Gasteiger partial charge in [0.1, 0.15) is 11.9 Å². The van der Waals surface area contributed by atoms with E-state index in [1.54, 1.807) is 30.0 Å². The average molecular weight is 415 g/mol. The molecule has 1 aliphatic heterocycles. The van der Waals surface area contributed by atoms with Gasteiger partial charge < -0.3 is 5.32 Å². The number of benzene rings is 3. The van der Waals surface area contributed by atoms with Crippen molar-refractivity contribution in [1.82, 2.24) is 5.32 Å². The summed E-state index contributed by atoms with van der Waals surface area (Å²) in [7, 11) is 0. The third-order valence-corrected chi connectivity index (χ3v) is 6.36. The summed E-state index contributed by atoms with van der Waals surface area (Å²) in [6, 6.07) is 21.7. The number of amidine groups is 1. The molecular weight excluding hydrogens is 395 g/mol. The number of hydrogen-bond acceptors (Lipinski definition) is 4. The smallest absolute Gasteiger partial charge is 0.194 e. The Morgan fingerprint density at radius 1 is 0.967 bits per heavy atom. The normalized spacial score (nSPS) is 17.3. The number of Topliss-reactive ketones (excluding diaryl/α,β-unsaturated/α-hetero) is 1. The molecule has 148 valence electrons. The molecule has 0 fully saturated rings. The quantitative estimate of drug-likeness (QED) is 0.600. The molecule has 3 nitrogen and oxygen atoms in total. The number of fused-ring (bicyclic) bond motifs is 2. The zero-order chi connectivity index (χ0) is 20.7. The zero-order valence-corrected chi connectivity index (χ0v) is 17.2. The molecule has 0 bridgehead atoms. The zero-order valence-electron chi connectivity index (χ0n) is 16.4. The molecule has 5 rings (SSSR count). The lowest BCUT2D eigenvalue weighted by Gasteiger charge is -2.24. The van der Waals surface area contributed by atoms with E-state index in [0.717, 1.165) is 17.0 Å². The van der Waals surface area contributed by atoms with Crippen molar-refractivity contribution >= 4 is 28.4 Å². The Bertz CT molecular complexity index is 1210. The van der Waals surface area contributed by atoms with Gasteiger partial charge in [0.2, 0.25) is 0 Å². The van der Waals surface area contributed by atoms with Crippen molar-refractivity contribution in [3.8, 4) is 0 Å². The van der Waals surface area contributed by atoms with Crippen LogP contribution in [0.2, 0.25) is 0 Å². The summed E-state index contributed by atoms with van der Waals surface area (Å²) < 4.78 is 14.7. The number of carbonyl (C=O) groups excluding carboxylic acids is 1. The summed E-state index contributed by atoms with van der Waals surface area (Å²) in [5, 5.41) is 4.04. The molecule has 2 aliphatic rings. The fraction of sp³-hybridized carbons (Fsp3) is 0.120. The first kappa shape index (κ1) is 18.8. The number of carbonyl (C=O) groups is 1. The monoisotopic (exact) mass is 414 g/mol. The van der Waals surface area contributed by atoms with Crippen LogP contribution < -0.4 is 5.32 Å². The minimum absolute atomic E-state index is 0.0901. The van der Waals surface area contributed by atoms with Gasteiger partial charge in [-0.1, -0.05) is 84.1 Å². The number of aryl methyl sites for hydroxylation is 1. The number of nitrogens with one attached hydrogen (secondary N) is 1. The second-order valence-corrected chi connectivity index (χ2v) is 8.39. The van der Waals surface area contributed by atoms with Crippen molar-refractivity contribution in [3.05, 3.63) is 112 Å². The van der Waals surface area contributed by atoms with Gasteiger partial charge in [-0.05, 0) is 18.6 Å². The van der Waals surface area contributed by atoms with Gasteiger partial charge in [-0.2, -0.15) is 0 Å². The topological polar surface area (TPSA) is 41.5 Å². The summed E-state index contributed by atoms with van der Waals surface area (Å²) in [4.78, 5) is 17.9. The maximum absolute atomic E-state index is 14.7. The van der Waals surface area contributed by atoms with Crippen LogP contribution in [0.15, 0.2) is 83.4 Å². The first-order chi connectivity index (χ1) is 14.6. The molecule has 30 heavy (non-hydrogen) atoms. The Hall–Kier alpha value is -3.18. The number of thioether (sulfide) groups is 1. The number of ketones is 1. The predicted molar refractivity (Wildman–Crippen MR) is 120 cm³/mol. The molecule has 0 radical (unpaired) electrons. The van der Waals surface area contributed by atoms with Crippen molar-refractivity contribution in [3.63, 3.8) is 0 Å². The van der Waals surface area contributed by atoms with Crippen molar-refractivity contribution in [1.29, 1.82) is 0 Å². The van der Waals surface area contributed by atoms with E-state index >= 15 is 0 Å². The van der Waals surface area contributed by atoms with Crippen LogP contribution in [0.3, 0.4) is 0 Å². The summed E-state index contributed by atoms with van der Waals surface area (Å²) in [5.74, 6) is 0.285. The lowest BCUT2D eigenvalue weighted by molar-refractivity contribution is 0.103. The number of nitrogens with zero attached hydrogens (tertiary/aromatic N) is 1. The lowest BCUT2D eigenvalue weighted by atomic mass is 9.95. The Labute approximate surface area is 178 Å². The first-order valence-electron chi connectivity index (χ1n) is 9.77. The average Bonchev–Trinajstić information content (AvgIpc) is 3.06. The highest BCUT2D eigenvalue weighted by Crippen LogP contribution is 2.43. The molecule has 1 atom stereocenters. The summed E-state index contributed by atoms with van der Waals surface area (Å²) in [5.41, 5.74) is 5.55. The van der Waals surface area contributed by atoms with Crippen LogP contribution in [-0.4, -0.2) is 11.0 Å². The second-order valence-electron chi connectivity index (χ2n) is 7.42. The van der Waals surface area contributed by atoms with Crippen molar-refractivity contribution in [2.75, 3.05) is 0 Å². The van der Waals surface area contributed by atoms with Gasteiger partial charge in [-0.3, -0.25) is 4.79 Å². The molecule has 0 aromatic heterocycles. The van der Waals surface area contributed by atoms with Gasteiger partial charge in [-0.25, -0.2) is 9.38 Å². The van der Waals surface area contributed by atoms with Crippen molar-refractivity contribution in [2.24, 2.45) is 4.99 Å². The van der Waals surface area contributed by atoms with Gasteiger partial charge in [0.25, 0.3) is 0 Å². The maximum atomic E-state index is 14.7. The van der Waals surface area contributed by atoms with Crippen LogP contribution in [0.25, 0.3) is 5.70 Å². The molecule has 1 N–H and O–H groups in total. The largest absolute Gasteiger partial charge is 0.334 e. The van der Waals surface area contributed by atoms with Crippen LogP contribution in [0.4, 0.5) is 4.39 Å². The van der Waals surface area contributed by atoms with E-state index in [-0.39, 0.29) is 11.6 Å². The molecule has 0 saturated carbocycles. The van der Waals surface area contributed by atoms with Gasteiger partial charge in [0.15, 0.2) is 11.0 Å². The Morgan fingerprint density at radius 3 is 2.43 bits per heavy atom. The SMILES string of the molecule is Cc1ccc(CSC2=N[C@@H](c3ccccc3F)C3=C(N2)c2ccccc2C3=O)cc1. The molecule has 3 aromatic carbocycles. The molecule has 1 aliphatic carbocycles. The fourth-order valence-electron chi connectivity index (χ4n) is 3.85. The first-order valence-corrected chi connectivity index (χ1v) is 10.8. The minimum atomic E-state index is -0.664. The lowest BCUT2D eigenvalue weighted by Crippen LogP contribution is -2.27. The van der Waals surface area contributed by atoms with Crippen molar-refractivity contribution < 1.29 is 9.18 Å². The number of rotatable bonds is 3. The minimum Gasteiger partial charge on any atom is -0.334 e. The van der Waals surface area contributed by atoms with Crippen LogP contribution in [0.1, 0.15) is 38.7 Å². The maximum Gasteiger partial charge on any atom is 0.194 e. The molecule has 1 heterocycles. The van der Waals surface area contributed by atoms with E-state index in [2.05, 4.69) is 36.5 Å². The fourth-order valence-corrected chi connectivity index (χ4v) is 4.70. The van der Waals surface area contributed by atoms with Gasteiger partial charge in [0.05, 0.1) is 11.3 Å². The van der Waals surface area contributed by atoms with E-state index in [9.17, 15) is 9.18 Å². The number of halogens is 1. The molecule has 5 heteroatoms. The third kappa shape index (κ3) is 3.25. The van der Waals surface area contributed by atoms with Crippen LogP contribution in [-0.2, 0) is 5.75 Å². The summed E-state index contributed by atoms with van der Waals surface area (Å²) in [6.07, 6.45) is 0.